The van der Waals surface area contributed by atoms with Gasteiger partial charge in [-0.15, -0.1) is 0 Å². The van der Waals surface area contributed by atoms with E-state index in [0.717, 1.165) is 0 Å². The summed E-state index contributed by atoms with van der Waals surface area (Å²) in [7, 11) is -10.1. The summed E-state index contributed by atoms with van der Waals surface area (Å²) in [6.45, 7) is 1.61. The highest BCUT2D eigenvalue weighted by Gasteiger charge is 2.47. The van der Waals surface area contributed by atoms with E-state index in [1.165, 1.54) is 38.1 Å². The van der Waals surface area contributed by atoms with Crippen LogP contribution in [0, 0.1) is 0 Å². The zero-order chi connectivity index (χ0) is 20.7. The molecule has 0 amide bonds. The Bertz CT molecular complexity index is 766. The second-order valence-electron chi connectivity index (χ2n) is 4.96. The van der Waals surface area contributed by atoms with Crippen molar-refractivity contribution in [3.8, 4) is 5.75 Å². The number of esters is 1. The summed E-state index contributed by atoms with van der Waals surface area (Å²) in [5.41, 5.74) is -5.63. The average Bonchev–Trinajstić information content (AvgIpc) is 2.54. The van der Waals surface area contributed by atoms with Crippen LogP contribution in [0.5, 0.6) is 5.75 Å². The van der Waals surface area contributed by atoms with E-state index < -0.39 is 48.1 Å². The molecule has 0 aromatic heterocycles. The molecule has 0 aliphatic carbocycles. The predicted octanol–water partition coefficient (Wildman–Crippen LogP) is 3.09. The minimum atomic E-state index is -5.87. The molecule has 8 nitrogen and oxygen atoms in total. The number of rotatable bonds is 10. The fourth-order valence-corrected chi connectivity index (χ4v) is 3.76. The molecule has 0 radical (unpaired) electrons. The van der Waals surface area contributed by atoms with Crippen LogP contribution in [0.25, 0.3) is 0 Å². The normalized spacial score (nSPS) is 15.6. The maximum absolute atomic E-state index is 12.8. The predicted molar refractivity (Wildman–Crippen MR) is 87.7 cm³/mol. The molecule has 0 aliphatic rings. The summed E-state index contributed by atoms with van der Waals surface area (Å²) in [5.74, 6) is -0.839. The molecule has 154 valence electrons. The Kier molecular flexibility index (Phi) is 8.27. The van der Waals surface area contributed by atoms with E-state index in [1.807, 2.05) is 0 Å². The van der Waals surface area contributed by atoms with Crippen LogP contribution in [-0.4, -0.2) is 45.4 Å². The topological polar surface area (TPSA) is 105 Å². The SMILES string of the molecule is CCOC(=O)[C@H](C)OP(=O)(CCOS(=O)(=O)C(F)(F)F)Oc1ccccc1. The van der Waals surface area contributed by atoms with Crippen molar-refractivity contribution in [2.24, 2.45) is 0 Å². The summed E-state index contributed by atoms with van der Waals surface area (Å²) in [6, 6.07) is 7.45. The fraction of sp³-hybridized carbons (Fsp3) is 0.500. The number of ether oxygens (including phenoxy) is 1. The number of para-hydroxylation sites is 1. The third-order valence-corrected chi connectivity index (χ3v) is 5.71. The van der Waals surface area contributed by atoms with Gasteiger partial charge in [-0.2, -0.15) is 21.6 Å². The molecule has 1 rings (SSSR count). The highest BCUT2D eigenvalue weighted by Crippen LogP contribution is 2.49. The zero-order valence-electron chi connectivity index (χ0n) is 14.3. The summed E-state index contributed by atoms with van der Waals surface area (Å²) < 4.78 is 90.3. The highest BCUT2D eigenvalue weighted by molar-refractivity contribution is 7.87. The quantitative estimate of drug-likeness (QED) is 0.239. The first kappa shape index (κ1) is 23.4. The van der Waals surface area contributed by atoms with Crippen molar-refractivity contribution < 1.29 is 48.9 Å². The molecule has 13 heteroatoms. The number of carbonyl (C=O) groups is 1. The van der Waals surface area contributed by atoms with Gasteiger partial charge in [0.2, 0.25) is 0 Å². The molecule has 0 saturated heterocycles. The first-order chi connectivity index (χ1) is 12.4. The number of halogens is 3. The van der Waals surface area contributed by atoms with Gasteiger partial charge >= 0.3 is 29.2 Å². The smallest absolute Gasteiger partial charge is 0.464 e. The van der Waals surface area contributed by atoms with Crippen molar-refractivity contribution in [1.82, 2.24) is 0 Å². The lowest BCUT2D eigenvalue weighted by Crippen LogP contribution is -2.28. The lowest BCUT2D eigenvalue weighted by atomic mass is 10.3. The molecule has 1 unspecified atom stereocenters. The van der Waals surface area contributed by atoms with Crippen molar-refractivity contribution in [3.05, 3.63) is 30.3 Å². The van der Waals surface area contributed by atoms with Crippen molar-refractivity contribution in [1.29, 1.82) is 0 Å². The molecule has 1 aromatic rings. The Labute approximate surface area is 154 Å². The zero-order valence-corrected chi connectivity index (χ0v) is 16.1. The Balaban J connectivity index is 2.90. The van der Waals surface area contributed by atoms with E-state index in [1.54, 1.807) is 6.07 Å². The number of hydrogen-bond donors (Lipinski definition) is 0. The summed E-state index contributed by atoms with van der Waals surface area (Å²) in [5, 5.41) is 0. The molecular formula is C14H18F3O8PS. The Morgan fingerprint density at radius 2 is 1.81 bits per heavy atom. The number of benzene rings is 1. The van der Waals surface area contributed by atoms with Gasteiger partial charge in [-0.3, -0.25) is 8.71 Å². The molecule has 1 aromatic carbocycles. The Morgan fingerprint density at radius 1 is 1.22 bits per heavy atom. The van der Waals surface area contributed by atoms with E-state index in [4.69, 9.17) is 9.05 Å². The van der Waals surface area contributed by atoms with Gasteiger partial charge in [-0.1, -0.05) is 18.2 Å². The largest absolute Gasteiger partial charge is 0.523 e. The van der Waals surface area contributed by atoms with Crippen LogP contribution in [0.4, 0.5) is 13.2 Å². The molecule has 2 atom stereocenters. The molecule has 0 bridgehead atoms. The first-order valence-corrected chi connectivity index (χ1v) is 10.7. The lowest BCUT2D eigenvalue weighted by Gasteiger charge is -2.22. The monoisotopic (exact) mass is 434 g/mol. The number of alkyl halides is 3. The van der Waals surface area contributed by atoms with Crippen LogP contribution in [-0.2, 0) is 32.9 Å². The van der Waals surface area contributed by atoms with Gasteiger partial charge in [0, 0.05) is 0 Å². The minimum absolute atomic E-state index is 0.0172. The van der Waals surface area contributed by atoms with E-state index in [9.17, 15) is 30.9 Å². The van der Waals surface area contributed by atoms with Crippen molar-refractivity contribution in [2.45, 2.75) is 25.5 Å². The Hall–Kier alpha value is -1.62. The maximum atomic E-state index is 12.8. The number of carbonyl (C=O) groups excluding carboxylic acids is 1. The lowest BCUT2D eigenvalue weighted by molar-refractivity contribution is -0.150. The fourth-order valence-electron chi connectivity index (χ4n) is 1.63. The molecule has 0 spiro atoms. The van der Waals surface area contributed by atoms with Crippen molar-refractivity contribution in [2.75, 3.05) is 19.4 Å². The van der Waals surface area contributed by atoms with Crippen LogP contribution in [0.15, 0.2) is 30.3 Å². The van der Waals surface area contributed by atoms with Crippen molar-refractivity contribution in [3.63, 3.8) is 0 Å². The van der Waals surface area contributed by atoms with E-state index in [2.05, 4.69) is 8.92 Å². The first-order valence-electron chi connectivity index (χ1n) is 7.54. The van der Waals surface area contributed by atoms with Gasteiger partial charge in [0.05, 0.1) is 19.4 Å². The van der Waals surface area contributed by atoms with Crippen molar-refractivity contribution >= 4 is 23.7 Å². The third kappa shape index (κ3) is 7.49. The molecule has 27 heavy (non-hydrogen) atoms. The molecular weight excluding hydrogens is 416 g/mol. The standard InChI is InChI=1S/C14H18F3O8PS/c1-3-22-13(18)11(2)24-26(19,25-12-7-5-4-6-8-12)10-9-23-27(20,21)14(15,16)17/h4-8,11H,3,9-10H2,1-2H3/t11-,26?/m0/s1. The summed E-state index contributed by atoms with van der Waals surface area (Å²) in [6.07, 6.45) is -2.24. The van der Waals surface area contributed by atoms with E-state index >= 15 is 0 Å². The summed E-state index contributed by atoms with van der Waals surface area (Å²) >= 11 is 0. The minimum Gasteiger partial charge on any atom is -0.464 e. The van der Waals surface area contributed by atoms with Gasteiger partial charge in [-0.05, 0) is 26.0 Å². The molecule has 0 heterocycles. The van der Waals surface area contributed by atoms with Crippen LogP contribution in [0.1, 0.15) is 13.8 Å². The van der Waals surface area contributed by atoms with Gasteiger partial charge in [0.15, 0.2) is 6.10 Å². The highest BCUT2D eigenvalue weighted by atomic mass is 32.2. The molecule has 0 aliphatic heterocycles. The van der Waals surface area contributed by atoms with E-state index in [0.29, 0.717) is 0 Å². The van der Waals surface area contributed by atoms with Crippen LogP contribution < -0.4 is 4.52 Å². The molecule has 0 N–H and O–H groups in total. The van der Waals surface area contributed by atoms with Crippen LogP contribution >= 0.6 is 7.60 Å². The van der Waals surface area contributed by atoms with Crippen LogP contribution in [0.3, 0.4) is 0 Å². The van der Waals surface area contributed by atoms with Crippen LogP contribution in [0.2, 0.25) is 0 Å². The molecule has 0 fully saturated rings. The van der Waals surface area contributed by atoms with Gasteiger partial charge in [0.25, 0.3) is 0 Å². The second kappa shape index (κ2) is 9.54. The molecule has 0 saturated carbocycles. The average molecular weight is 434 g/mol. The second-order valence-corrected chi connectivity index (χ2v) is 8.63. The van der Waals surface area contributed by atoms with E-state index in [-0.39, 0.29) is 12.4 Å². The third-order valence-electron chi connectivity index (χ3n) is 2.81. The van der Waals surface area contributed by atoms with Gasteiger partial charge in [0.1, 0.15) is 5.75 Å². The number of hydrogen-bond acceptors (Lipinski definition) is 8. The summed E-state index contributed by atoms with van der Waals surface area (Å²) in [4.78, 5) is 11.6. The Morgan fingerprint density at radius 3 is 2.33 bits per heavy atom. The van der Waals surface area contributed by atoms with Gasteiger partial charge < -0.3 is 9.26 Å². The van der Waals surface area contributed by atoms with Gasteiger partial charge in [-0.25, -0.2) is 9.36 Å². The maximum Gasteiger partial charge on any atom is 0.523 e.